The summed E-state index contributed by atoms with van der Waals surface area (Å²) in [5.74, 6) is 1.82. The molecular formula is C16H25NO. The fraction of sp³-hybridized carbons (Fsp3) is 0.625. The zero-order valence-corrected chi connectivity index (χ0v) is 11.6. The van der Waals surface area contributed by atoms with Gasteiger partial charge in [-0.2, -0.15) is 0 Å². The topological polar surface area (TPSA) is 21.3 Å². The molecular weight excluding hydrogens is 222 g/mol. The van der Waals surface area contributed by atoms with Crippen molar-refractivity contribution in [2.45, 2.75) is 45.1 Å². The zero-order chi connectivity index (χ0) is 12.8. The molecule has 100 valence electrons. The molecule has 0 spiro atoms. The molecule has 1 fully saturated rings. The van der Waals surface area contributed by atoms with Gasteiger partial charge in [0.25, 0.3) is 0 Å². The molecule has 1 aliphatic carbocycles. The van der Waals surface area contributed by atoms with Gasteiger partial charge in [0.05, 0.1) is 7.11 Å². The van der Waals surface area contributed by atoms with Crippen LogP contribution in [0.2, 0.25) is 0 Å². The average Bonchev–Trinajstić information content (AvgIpc) is 2.85. The van der Waals surface area contributed by atoms with Gasteiger partial charge in [-0.3, -0.25) is 0 Å². The number of hydrogen-bond acceptors (Lipinski definition) is 2. The Bertz CT molecular complexity index is 347. The van der Waals surface area contributed by atoms with Crippen LogP contribution in [0.15, 0.2) is 24.3 Å². The van der Waals surface area contributed by atoms with Gasteiger partial charge in [-0.05, 0) is 55.8 Å². The van der Waals surface area contributed by atoms with Crippen molar-refractivity contribution in [2.75, 3.05) is 13.7 Å². The van der Waals surface area contributed by atoms with Crippen molar-refractivity contribution in [3.05, 3.63) is 29.8 Å². The monoisotopic (exact) mass is 247 g/mol. The summed E-state index contributed by atoms with van der Waals surface area (Å²) < 4.78 is 5.19. The maximum atomic E-state index is 5.19. The third kappa shape index (κ3) is 3.49. The number of ether oxygens (including phenoxy) is 1. The van der Waals surface area contributed by atoms with E-state index in [0.717, 1.165) is 24.3 Å². The standard InChI is InChI=1S/C16H25NO/c1-3-17-16-6-4-5-14(16)10-7-13-8-11-15(18-2)12-9-13/h8-9,11-12,14,16-17H,3-7,10H2,1-2H3. The van der Waals surface area contributed by atoms with Crippen molar-refractivity contribution in [1.29, 1.82) is 0 Å². The van der Waals surface area contributed by atoms with Gasteiger partial charge in [-0.1, -0.05) is 25.5 Å². The summed E-state index contributed by atoms with van der Waals surface area (Å²) in [5.41, 5.74) is 1.43. The Morgan fingerprint density at radius 2 is 2.00 bits per heavy atom. The molecule has 2 heteroatoms. The minimum Gasteiger partial charge on any atom is -0.497 e. The van der Waals surface area contributed by atoms with Crippen LogP contribution in [0.3, 0.4) is 0 Å². The molecule has 18 heavy (non-hydrogen) atoms. The molecule has 1 aromatic rings. The van der Waals surface area contributed by atoms with Crippen molar-refractivity contribution in [2.24, 2.45) is 5.92 Å². The summed E-state index contributed by atoms with van der Waals surface area (Å²) in [4.78, 5) is 0. The van der Waals surface area contributed by atoms with Gasteiger partial charge >= 0.3 is 0 Å². The first-order valence-electron chi connectivity index (χ1n) is 7.19. The third-order valence-electron chi connectivity index (χ3n) is 4.09. The smallest absolute Gasteiger partial charge is 0.118 e. The molecule has 2 atom stereocenters. The number of rotatable bonds is 6. The summed E-state index contributed by atoms with van der Waals surface area (Å²) in [6, 6.07) is 9.26. The molecule has 1 aromatic carbocycles. The second-order valence-electron chi connectivity index (χ2n) is 5.24. The van der Waals surface area contributed by atoms with E-state index in [1.807, 2.05) is 0 Å². The van der Waals surface area contributed by atoms with E-state index in [4.69, 9.17) is 4.74 Å². The van der Waals surface area contributed by atoms with E-state index in [1.54, 1.807) is 7.11 Å². The minimum atomic E-state index is 0.758. The van der Waals surface area contributed by atoms with E-state index in [1.165, 1.54) is 37.7 Å². The molecule has 1 saturated carbocycles. The highest BCUT2D eigenvalue weighted by Crippen LogP contribution is 2.29. The molecule has 1 N–H and O–H groups in total. The van der Waals surface area contributed by atoms with E-state index >= 15 is 0 Å². The Kier molecular flexibility index (Phi) is 5.06. The Morgan fingerprint density at radius 1 is 1.22 bits per heavy atom. The van der Waals surface area contributed by atoms with Crippen LogP contribution in [0.1, 0.15) is 38.2 Å². The fourth-order valence-electron chi connectivity index (χ4n) is 3.06. The molecule has 0 aliphatic heterocycles. The van der Waals surface area contributed by atoms with E-state index in [2.05, 4.69) is 36.5 Å². The highest BCUT2D eigenvalue weighted by Gasteiger charge is 2.25. The molecule has 0 heterocycles. The van der Waals surface area contributed by atoms with Gasteiger partial charge in [0, 0.05) is 6.04 Å². The lowest BCUT2D eigenvalue weighted by atomic mass is 9.95. The van der Waals surface area contributed by atoms with Gasteiger partial charge in [-0.25, -0.2) is 0 Å². The zero-order valence-electron chi connectivity index (χ0n) is 11.6. The number of benzene rings is 1. The maximum absolute atomic E-state index is 5.19. The first-order chi connectivity index (χ1) is 8.83. The second-order valence-corrected chi connectivity index (χ2v) is 5.24. The van der Waals surface area contributed by atoms with Gasteiger partial charge in [0.1, 0.15) is 5.75 Å². The van der Waals surface area contributed by atoms with E-state index in [-0.39, 0.29) is 0 Å². The van der Waals surface area contributed by atoms with Crippen LogP contribution in [0, 0.1) is 5.92 Å². The van der Waals surface area contributed by atoms with Crippen LogP contribution >= 0.6 is 0 Å². The Labute approximate surface area is 111 Å². The predicted octanol–water partition coefficient (Wildman–Crippen LogP) is 3.41. The Morgan fingerprint density at radius 3 is 2.67 bits per heavy atom. The summed E-state index contributed by atoms with van der Waals surface area (Å²) in [5, 5.41) is 3.63. The maximum Gasteiger partial charge on any atom is 0.118 e. The minimum absolute atomic E-state index is 0.758. The van der Waals surface area contributed by atoms with E-state index < -0.39 is 0 Å². The van der Waals surface area contributed by atoms with Gasteiger partial charge < -0.3 is 10.1 Å². The number of aryl methyl sites for hydroxylation is 1. The lowest BCUT2D eigenvalue weighted by Crippen LogP contribution is -2.32. The predicted molar refractivity (Wildman–Crippen MR) is 76.1 cm³/mol. The number of hydrogen-bond donors (Lipinski definition) is 1. The van der Waals surface area contributed by atoms with Crippen LogP contribution in [-0.2, 0) is 6.42 Å². The van der Waals surface area contributed by atoms with Crippen molar-refractivity contribution < 1.29 is 4.74 Å². The Balaban J connectivity index is 1.82. The normalized spacial score (nSPS) is 23.2. The molecule has 1 aliphatic rings. The van der Waals surface area contributed by atoms with Crippen LogP contribution in [0.25, 0.3) is 0 Å². The Hall–Kier alpha value is -1.02. The summed E-state index contributed by atoms with van der Waals surface area (Å²) in [6.07, 6.45) is 6.65. The highest BCUT2D eigenvalue weighted by molar-refractivity contribution is 5.27. The van der Waals surface area contributed by atoms with Crippen molar-refractivity contribution >= 4 is 0 Å². The third-order valence-corrected chi connectivity index (χ3v) is 4.09. The molecule has 0 radical (unpaired) electrons. The van der Waals surface area contributed by atoms with E-state index in [0.29, 0.717) is 0 Å². The number of nitrogens with one attached hydrogen (secondary N) is 1. The summed E-state index contributed by atoms with van der Waals surface area (Å²) in [7, 11) is 1.72. The first kappa shape index (κ1) is 13.4. The van der Waals surface area contributed by atoms with E-state index in [9.17, 15) is 0 Å². The molecule has 2 nitrogen and oxygen atoms in total. The quantitative estimate of drug-likeness (QED) is 0.832. The lowest BCUT2D eigenvalue weighted by molar-refractivity contribution is 0.385. The molecule has 2 rings (SSSR count). The molecule has 0 bridgehead atoms. The fourth-order valence-corrected chi connectivity index (χ4v) is 3.06. The lowest BCUT2D eigenvalue weighted by Gasteiger charge is -2.20. The summed E-state index contributed by atoms with van der Waals surface area (Å²) in [6.45, 7) is 3.31. The first-order valence-corrected chi connectivity index (χ1v) is 7.19. The van der Waals surface area contributed by atoms with Crippen molar-refractivity contribution in [1.82, 2.24) is 5.32 Å². The van der Waals surface area contributed by atoms with Crippen LogP contribution in [0.5, 0.6) is 5.75 Å². The van der Waals surface area contributed by atoms with Gasteiger partial charge in [-0.15, -0.1) is 0 Å². The molecule has 0 amide bonds. The van der Waals surface area contributed by atoms with Crippen LogP contribution in [0.4, 0.5) is 0 Å². The van der Waals surface area contributed by atoms with Crippen LogP contribution in [-0.4, -0.2) is 19.7 Å². The highest BCUT2D eigenvalue weighted by atomic mass is 16.5. The van der Waals surface area contributed by atoms with Crippen molar-refractivity contribution in [3.63, 3.8) is 0 Å². The van der Waals surface area contributed by atoms with Gasteiger partial charge in [0.15, 0.2) is 0 Å². The largest absolute Gasteiger partial charge is 0.497 e. The van der Waals surface area contributed by atoms with Crippen molar-refractivity contribution in [3.8, 4) is 5.75 Å². The molecule has 2 unspecified atom stereocenters. The average molecular weight is 247 g/mol. The SMILES string of the molecule is CCNC1CCCC1CCc1ccc(OC)cc1. The molecule has 0 aromatic heterocycles. The molecule has 0 saturated heterocycles. The van der Waals surface area contributed by atoms with Crippen LogP contribution < -0.4 is 10.1 Å². The van der Waals surface area contributed by atoms with Gasteiger partial charge in [0.2, 0.25) is 0 Å². The number of methoxy groups -OCH3 is 1. The second kappa shape index (κ2) is 6.79. The summed E-state index contributed by atoms with van der Waals surface area (Å²) >= 11 is 0.